The van der Waals surface area contributed by atoms with Gasteiger partial charge in [0.2, 0.25) is 5.16 Å². The van der Waals surface area contributed by atoms with Crippen molar-refractivity contribution < 1.29 is 39.1 Å². The second-order valence-corrected chi connectivity index (χ2v) is 11.7. The van der Waals surface area contributed by atoms with Crippen LogP contribution in [-0.4, -0.2) is 112 Å². The highest BCUT2D eigenvalue weighted by Crippen LogP contribution is 2.41. The Morgan fingerprint density at radius 3 is 2.69 bits per heavy atom. The number of nitrogens with one attached hydrogen (secondary N) is 1. The van der Waals surface area contributed by atoms with Gasteiger partial charge in [-0.1, -0.05) is 22.1 Å². The van der Waals surface area contributed by atoms with Gasteiger partial charge in [-0.25, -0.2) is 19.3 Å². The van der Waals surface area contributed by atoms with Gasteiger partial charge in [-0.05, 0) is 29.8 Å². The minimum atomic E-state index is -1.33. The number of anilines is 1. The van der Waals surface area contributed by atoms with Crippen molar-refractivity contribution in [2.45, 2.75) is 43.1 Å². The van der Waals surface area contributed by atoms with Gasteiger partial charge >= 0.3 is 11.9 Å². The molecule has 4 rings (SSSR count). The van der Waals surface area contributed by atoms with Crippen molar-refractivity contribution in [3.05, 3.63) is 22.3 Å². The zero-order chi connectivity index (χ0) is 30.6. The molecule has 18 nitrogen and oxygen atoms in total. The van der Waals surface area contributed by atoms with Crippen LogP contribution in [0.25, 0.3) is 0 Å². The van der Waals surface area contributed by atoms with Crippen molar-refractivity contribution in [2.75, 3.05) is 24.3 Å². The van der Waals surface area contributed by atoms with E-state index in [1.54, 1.807) is 13.8 Å². The van der Waals surface area contributed by atoms with Crippen molar-refractivity contribution in [1.29, 1.82) is 0 Å². The number of carbonyl (C=O) groups is 4. The largest absolute Gasteiger partial charge is 0.477 e. The van der Waals surface area contributed by atoms with Gasteiger partial charge in [0.15, 0.2) is 16.6 Å². The van der Waals surface area contributed by atoms with Crippen LogP contribution in [-0.2, 0) is 35.4 Å². The Balaban J connectivity index is 1.48. The number of hydrogen-bond donors (Lipinski definition) is 4. The maximum Gasteiger partial charge on any atom is 0.355 e. The third-order valence-corrected chi connectivity index (χ3v) is 8.55. The third-order valence-electron chi connectivity index (χ3n) is 5.49. The second kappa shape index (κ2) is 13.2. The predicted octanol–water partition coefficient (Wildman–Crippen LogP) is -0.541. The quantitative estimate of drug-likeness (QED) is 0.0928. The molecule has 1 saturated heterocycles. The van der Waals surface area contributed by atoms with Gasteiger partial charge in [0.05, 0.1) is 6.54 Å². The van der Waals surface area contributed by atoms with Gasteiger partial charge in [-0.15, -0.1) is 28.2 Å². The van der Waals surface area contributed by atoms with E-state index in [2.05, 4.69) is 41.0 Å². The molecule has 0 radical (unpaired) electrons. The normalized spacial score (nSPS) is 19.0. The van der Waals surface area contributed by atoms with Crippen LogP contribution in [0.2, 0.25) is 0 Å². The fourth-order valence-electron chi connectivity index (χ4n) is 3.70. The number of nitrogen functional groups attached to an aromatic ring is 1. The molecule has 2 aromatic rings. The van der Waals surface area contributed by atoms with E-state index in [0.717, 1.165) is 28.0 Å². The van der Waals surface area contributed by atoms with Gasteiger partial charge in [-0.3, -0.25) is 14.5 Å². The summed E-state index contributed by atoms with van der Waals surface area (Å²) in [5.41, 5.74) is 5.54. The number of carbonyl (C=O) groups excluding carboxylic acids is 2. The van der Waals surface area contributed by atoms with Crippen LogP contribution < -0.4 is 11.1 Å². The summed E-state index contributed by atoms with van der Waals surface area (Å²) >= 11 is 3.42. The van der Waals surface area contributed by atoms with Gasteiger partial charge < -0.3 is 30.9 Å². The van der Waals surface area contributed by atoms with E-state index in [0.29, 0.717) is 5.57 Å². The number of oxime groups is 2. The lowest BCUT2D eigenvalue weighted by Gasteiger charge is -2.49. The molecular formula is C21H24N10O8S3. The van der Waals surface area contributed by atoms with E-state index in [1.807, 2.05) is 0 Å². The highest BCUT2D eigenvalue weighted by atomic mass is 32.2. The summed E-state index contributed by atoms with van der Waals surface area (Å²) < 4.78 is 1.18. The molecule has 2 amide bonds. The van der Waals surface area contributed by atoms with Gasteiger partial charge in [-0.2, -0.15) is 0 Å². The van der Waals surface area contributed by atoms with Crippen LogP contribution in [0.1, 0.15) is 19.5 Å². The smallest absolute Gasteiger partial charge is 0.355 e. The number of β-lactam (4-membered cyclic amide) rings is 1. The average Bonchev–Trinajstić information content (AvgIpc) is 3.57. The van der Waals surface area contributed by atoms with Crippen LogP contribution in [0, 0.1) is 0 Å². The third kappa shape index (κ3) is 6.62. The first kappa shape index (κ1) is 30.7. The van der Waals surface area contributed by atoms with Crippen molar-refractivity contribution in [3.8, 4) is 0 Å². The molecule has 0 aromatic carbocycles. The molecule has 42 heavy (non-hydrogen) atoms. The maximum absolute atomic E-state index is 13.1. The first-order valence-corrected chi connectivity index (χ1v) is 14.8. The number of carboxylic acids is 2. The van der Waals surface area contributed by atoms with Crippen LogP contribution in [0.15, 0.2) is 32.1 Å². The number of nitrogens with zero attached hydrogens (tertiary/aromatic N) is 8. The van der Waals surface area contributed by atoms with Crippen molar-refractivity contribution in [3.63, 3.8) is 0 Å². The summed E-state index contributed by atoms with van der Waals surface area (Å²) in [6.07, 6.45) is -0.333. The molecule has 2 aromatic heterocycles. The number of aliphatic carboxylic acids is 2. The van der Waals surface area contributed by atoms with Crippen LogP contribution in [0.4, 0.5) is 5.13 Å². The summed E-state index contributed by atoms with van der Waals surface area (Å²) in [5.74, 6) is -3.68. The summed E-state index contributed by atoms with van der Waals surface area (Å²) in [6, 6.07) is -1.02. The first-order chi connectivity index (χ1) is 20.0. The summed E-state index contributed by atoms with van der Waals surface area (Å²) in [7, 11) is 1.20. The Labute approximate surface area is 249 Å². The Bertz CT molecular complexity index is 1490. The summed E-state index contributed by atoms with van der Waals surface area (Å²) in [5, 5.41) is 41.6. The van der Waals surface area contributed by atoms with Crippen molar-refractivity contribution in [1.82, 2.24) is 35.4 Å². The fourth-order valence-corrected chi connectivity index (χ4v) is 6.61. The molecular weight excluding hydrogens is 616 g/mol. The number of amides is 2. The summed E-state index contributed by atoms with van der Waals surface area (Å²) in [6.45, 7) is 3.14. The van der Waals surface area contributed by atoms with Crippen LogP contribution in [0.3, 0.4) is 0 Å². The number of rotatable bonds is 13. The number of hydrogen-bond acceptors (Lipinski definition) is 16. The molecule has 1 fully saturated rings. The standard InChI is InChI=1S/C21H24N10O8S3/c1-8(2)39-27-12(11-7-41-20(22)23-11)15(32)24-13-16(33)31-14(19(36)37)9(5-40-17(13)31)6-42-21-25-28-29-30(21)4-10(18(34)35)26-38-3/h7-8,13,17H,4-6H2,1-3H3,(H2,22,23)(H,24,32)(H,34,35)(H,36,37)/t13?,17-/m1/s1. The molecule has 224 valence electrons. The maximum atomic E-state index is 13.1. The highest BCUT2D eigenvalue weighted by Gasteiger charge is 2.54. The lowest BCUT2D eigenvalue weighted by atomic mass is 10.0. The van der Waals surface area contributed by atoms with Crippen molar-refractivity contribution in [2.24, 2.45) is 10.3 Å². The molecule has 2 aliphatic heterocycles. The number of aromatic nitrogens is 5. The van der Waals surface area contributed by atoms with Gasteiger partial charge in [0.1, 0.15) is 36.0 Å². The fraction of sp³-hybridized carbons (Fsp3) is 0.429. The number of thioether (sulfide) groups is 2. The molecule has 0 aliphatic carbocycles. The lowest BCUT2D eigenvalue weighted by molar-refractivity contribution is -0.150. The molecule has 21 heteroatoms. The zero-order valence-corrected chi connectivity index (χ0v) is 24.6. The zero-order valence-electron chi connectivity index (χ0n) is 22.2. The van der Waals surface area contributed by atoms with Gasteiger partial charge in [0.25, 0.3) is 11.8 Å². The average molecular weight is 641 g/mol. The number of fused-ring (bicyclic) bond motifs is 1. The molecule has 5 N–H and O–H groups in total. The number of thiazole rings is 1. The van der Waals surface area contributed by atoms with Gasteiger partial charge in [0, 0.05) is 16.9 Å². The van der Waals surface area contributed by atoms with E-state index in [-0.39, 0.29) is 57.3 Å². The van der Waals surface area contributed by atoms with Crippen LogP contribution in [0.5, 0.6) is 0 Å². The van der Waals surface area contributed by atoms with E-state index < -0.39 is 35.2 Å². The topological polar surface area (TPSA) is 250 Å². The number of carboxylic acid groups (broad SMARTS) is 2. The molecule has 0 spiro atoms. The van der Waals surface area contributed by atoms with Crippen molar-refractivity contribution >= 4 is 75.2 Å². The first-order valence-electron chi connectivity index (χ1n) is 11.9. The molecule has 4 heterocycles. The number of nitrogens with two attached hydrogens (primary N) is 1. The highest BCUT2D eigenvalue weighted by molar-refractivity contribution is 8.01. The second-order valence-electron chi connectivity index (χ2n) is 8.72. The Hall–Kier alpha value is -4.24. The Kier molecular flexibility index (Phi) is 9.63. The van der Waals surface area contributed by atoms with Crippen LogP contribution >= 0.6 is 34.9 Å². The lowest BCUT2D eigenvalue weighted by Crippen LogP contribution is -2.71. The van der Waals surface area contributed by atoms with E-state index in [4.69, 9.17) is 10.6 Å². The van der Waals surface area contributed by atoms with E-state index >= 15 is 0 Å². The predicted molar refractivity (Wildman–Crippen MR) is 150 cm³/mol. The summed E-state index contributed by atoms with van der Waals surface area (Å²) in [4.78, 5) is 64.8. The van der Waals surface area contributed by atoms with E-state index in [9.17, 15) is 29.4 Å². The molecule has 0 bridgehead atoms. The molecule has 2 atom stereocenters. The Morgan fingerprint density at radius 1 is 1.31 bits per heavy atom. The van der Waals surface area contributed by atoms with E-state index in [1.165, 1.54) is 28.9 Å². The molecule has 0 saturated carbocycles. The minimum Gasteiger partial charge on any atom is -0.477 e. The minimum absolute atomic E-state index is 0.0843. The SMILES string of the molecule is CON=C(Cn1nnnc1SCC1=C(C(=O)O)N2C(=O)C(NC(=O)C(=NOC(C)C)c3csc(N)n3)[C@H]2SC1)C(=O)O. The molecule has 2 aliphatic rings. The molecule has 1 unspecified atom stereocenters. The number of tetrazole rings is 1. The monoisotopic (exact) mass is 640 g/mol. The Morgan fingerprint density at radius 2 is 2.07 bits per heavy atom.